The van der Waals surface area contributed by atoms with E-state index in [1.165, 1.54) is 0 Å². The molecule has 0 aromatic heterocycles. The molecule has 1 amide bonds. The highest BCUT2D eigenvalue weighted by molar-refractivity contribution is 9.10. The van der Waals surface area contributed by atoms with Gasteiger partial charge in [0, 0.05) is 30.0 Å². The maximum atomic E-state index is 12.2. The lowest BCUT2D eigenvalue weighted by Crippen LogP contribution is -2.40. The number of rotatable bonds is 7. The first-order chi connectivity index (χ1) is 10.2. The largest absolute Gasteiger partial charge is 0.494 e. The van der Waals surface area contributed by atoms with Crippen molar-refractivity contribution in [1.29, 1.82) is 0 Å². The molecule has 1 aromatic rings. The molecular formula is C16H24BrClN2O2. The third-order valence-corrected chi connectivity index (χ3v) is 4.23. The molecule has 1 aliphatic heterocycles. The predicted octanol–water partition coefficient (Wildman–Crippen LogP) is 3.24. The minimum atomic E-state index is 0. The van der Waals surface area contributed by atoms with Gasteiger partial charge in [-0.25, -0.2) is 0 Å². The van der Waals surface area contributed by atoms with Gasteiger partial charge in [-0.05, 0) is 44.5 Å². The topological polar surface area (TPSA) is 41.6 Å². The van der Waals surface area contributed by atoms with E-state index in [1.807, 2.05) is 36.2 Å². The zero-order valence-electron chi connectivity index (χ0n) is 12.9. The lowest BCUT2D eigenvalue weighted by Gasteiger charge is -2.24. The fraction of sp³-hybridized carbons (Fsp3) is 0.562. The van der Waals surface area contributed by atoms with Crippen LogP contribution in [0.4, 0.5) is 0 Å². The molecule has 1 fully saturated rings. The standard InChI is InChI=1S/C16H23BrN2O2.ClH/c1-18-12-14-6-3-9-19(14)16(20)8-4-10-21-15-7-2-5-13(17)11-15;/h2,5,7,11,14,18H,3-4,6,8-10,12H2,1H3;1H. The molecule has 1 saturated heterocycles. The Kier molecular flexibility index (Phi) is 8.83. The van der Waals surface area contributed by atoms with Crippen LogP contribution in [0.15, 0.2) is 28.7 Å². The zero-order chi connectivity index (χ0) is 15.1. The number of nitrogens with one attached hydrogen (secondary N) is 1. The molecular weight excluding hydrogens is 368 g/mol. The van der Waals surface area contributed by atoms with Crippen molar-refractivity contribution in [1.82, 2.24) is 10.2 Å². The maximum absolute atomic E-state index is 12.2. The number of amides is 1. The monoisotopic (exact) mass is 390 g/mol. The van der Waals surface area contributed by atoms with Crippen LogP contribution in [0, 0.1) is 0 Å². The summed E-state index contributed by atoms with van der Waals surface area (Å²) in [5, 5.41) is 3.17. The van der Waals surface area contributed by atoms with Gasteiger partial charge in [0.15, 0.2) is 0 Å². The molecule has 0 spiro atoms. The smallest absolute Gasteiger partial charge is 0.222 e. The molecule has 124 valence electrons. The SMILES string of the molecule is CNCC1CCCN1C(=O)CCCOc1cccc(Br)c1.Cl. The van der Waals surface area contributed by atoms with Gasteiger partial charge < -0.3 is 15.0 Å². The molecule has 1 aliphatic rings. The lowest BCUT2D eigenvalue weighted by molar-refractivity contribution is -0.132. The molecule has 0 saturated carbocycles. The first-order valence-electron chi connectivity index (χ1n) is 7.53. The van der Waals surface area contributed by atoms with Crippen LogP contribution in [0.2, 0.25) is 0 Å². The summed E-state index contributed by atoms with van der Waals surface area (Å²) < 4.78 is 6.66. The Morgan fingerprint density at radius 3 is 3.05 bits per heavy atom. The third-order valence-electron chi connectivity index (χ3n) is 3.74. The highest BCUT2D eigenvalue weighted by Crippen LogP contribution is 2.19. The van der Waals surface area contributed by atoms with E-state index >= 15 is 0 Å². The van der Waals surface area contributed by atoms with Crippen molar-refractivity contribution in [2.45, 2.75) is 31.7 Å². The molecule has 0 radical (unpaired) electrons. The summed E-state index contributed by atoms with van der Waals surface area (Å²) in [4.78, 5) is 14.3. The van der Waals surface area contributed by atoms with Gasteiger partial charge in [0.2, 0.25) is 5.91 Å². The number of hydrogen-bond donors (Lipinski definition) is 1. The van der Waals surface area contributed by atoms with Gasteiger partial charge in [0.25, 0.3) is 0 Å². The second kappa shape index (κ2) is 10.1. The summed E-state index contributed by atoms with van der Waals surface area (Å²) in [5.41, 5.74) is 0. The summed E-state index contributed by atoms with van der Waals surface area (Å²) in [6.07, 6.45) is 3.55. The van der Waals surface area contributed by atoms with Crippen molar-refractivity contribution in [2.24, 2.45) is 0 Å². The molecule has 1 aromatic carbocycles. The number of nitrogens with zero attached hydrogens (tertiary/aromatic N) is 1. The van der Waals surface area contributed by atoms with Crippen LogP contribution in [0.25, 0.3) is 0 Å². The van der Waals surface area contributed by atoms with Crippen molar-refractivity contribution < 1.29 is 9.53 Å². The number of benzene rings is 1. The van der Waals surface area contributed by atoms with Gasteiger partial charge in [-0.3, -0.25) is 4.79 Å². The first-order valence-corrected chi connectivity index (χ1v) is 8.32. The van der Waals surface area contributed by atoms with E-state index in [1.54, 1.807) is 0 Å². The summed E-state index contributed by atoms with van der Waals surface area (Å²) in [5.74, 6) is 1.09. The molecule has 2 rings (SSSR count). The summed E-state index contributed by atoms with van der Waals surface area (Å²) >= 11 is 3.41. The van der Waals surface area contributed by atoms with Crippen LogP contribution in [0.5, 0.6) is 5.75 Å². The summed E-state index contributed by atoms with van der Waals surface area (Å²) in [6, 6.07) is 8.14. The maximum Gasteiger partial charge on any atom is 0.222 e. The Hall–Kier alpha value is -0.780. The highest BCUT2D eigenvalue weighted by Gasteiger charge is 2.27. The van der Waals surface area contributed by atoms with E-state index in [-0.39, 0.29) is 18.3 Å². The molecule has 0 aliphatic carbocycles. The van der Waals surface area contributed by atoms with E-state index in [0.29, 0.717) is 19.1 Å². The van der Waals surface area contributed by atoms with Gasteiger partial charge in [-0.1, -0.05) is 22.0 Å². The minimum Gasteiger partial charge on any atom is -0.494 e. The number of halogens is 2. The van der Waals surface area contributed by atoms with Crippen LogP contribution < -0.4 is 10.1 Å². The number of likely N-dealkylation sites (N-methyl/N-ethyl adjacent to an activating group) is 1. The molecule has 6 heteroatoms. The van der Waals surface area contributed by atoms with Gasteiger partial charge in [0.05, 0.1) is 6.61 Å². The van der Waals surface area contributed by atoms with Crippen molar-refractivity contribution in [2.75, 3.05) is 26.7 Å². The minimum absolute atomic E-state index is 0. The average molecular weight is 392 g/mol. The normalized spacial score (nSPS) is 17.2. The molecule has 1 atom stereocenters. The van der Waals surface area contributed by atoms with Crippen molar-refractivity contribution in [3.8, 4) is 5.75 Å². The predicted molar refractivity (Wildman–Crippen MR) is 94.8 cm³/mol. The number of carbonyl (C=O) groups is 1. The fourth-order valence-corrected chi connectivity index (χ4v) is 3.10. The molecule has 1 heterocycles. The Labute approximate surface area is 147 Å². The van der Waals surface area contributed by atoms with Crippen LogP contribution in [0.3, 0.4) is 0 Å². The van der Waals surface area contributed by atoms with Crippen molar-refractivity contribution >= 4 is 34.2 Å². The Balaban J connectivity index is 0.00000242. The van der Waals surface area contributed by atoms with Gasteiger partial charge in [-0.15, -0.1) is 12.4 Å². The zero-order valence-corrected chi connectivity index (χ0v) is 15.3. The summed E-state index contributed by atoms with van der Waals surface area (Å²) in [7, 11) is 1.94. The fourth-order valence-electron chi connectivity index (χ4n) is 2.73. The number of carbonyl (C=O) groups excluding carboxylic acids is 1. The van der Waals surface area contributed by atoms with Gasteiger partial charge in [-0.2, -0.15) is 0 Å². The van der Waals surface area contributed by atoms with Crippen LogP contribution >= 0.6 is 28.3 Å². The lowest BCUT2D eigenvalue weighted by atomic mass is 10.2. The van der Waals surface area contributed by atoms with E-state index < -0.39 is 0 Å². The Morgan fingerprint density at radius 2 is 2.32 bits per heavy atom. The number of hydrogen-bond acceptors (Lipinski definition) is 3. The molecule has 22 heavy (non-hydrogen) atoms. The molecule has 0 bridgehead atoms. The van der Waals surface area contributed by atoms with Crippen LogP contribution in [-0.4, -0.2) is 43.6 Å². The van der Waals surface area contributed by atoms with Gasteiger partial charge in [0.1, 0.15) is 5.75 Å². The Bertz CT molecular complexity index is 473. The van der Waals surface area contributed by atoms with Crippen molar-refractivity contribution in [3.05, 3.63) is 28.7 Å². The molecule has 1 unspecified atom stereocenters. The summed E-state index contributed by atoms with van der Waals surface area (Å²) in [6.45, 7) is 2.37. The number of likely N-dealkylation sites (tertiary alicyclic amines) is 1. The van der Waals surface area contributed by atoms with E-state index in [0.717, 1.165) is 42.6 Å². The Morgan fingerprint density at radius 1 is 1.50 bits per heavy atom. The van der Waals surface area contributed by atoms with E-state index in [2.05, 4.69) is 21.2 Å². The second-order valence-electron chi connectivity index (χ2n) is 5.35. The highest BCUT2D eigenvalue weighted by atomic mass is 79.9. The van der Waals surface area contributed by atoms with Crippen LogP contribution in [-0.2, 0) is 4.79 Å². The average Bonchev–Trinajstić information content (AvgIpc) is 2.92. The first kappa shape index (κ1) is 19.3. The number of ether oxygens (including phenoxy) is 1. The van der Waals surface area contributed by atoms with E-state index in [9.17, 15) is 4.79 Å². The third kappa shape index (κ3) is 5.78. The molecule has 1 N–H and O–H groups in total. The quantitative estimate of drug-likeness (QED) is 0.726. The molecule has 4 nitrogen and oxygen atoms in total. The van der Waals surface area contributed by atoms with Crippen molar-refractivity contribution in [3.63, 3.8) is 0 Å². The van der Waals surface area contributed by atoms with Crippen LogP contribution in [0.1, 0.15) is 25.7 Å². The van der Waals surface area contributed by atoms with Gasteiger partial charge >= 0.3 is 0 Å². The second-order valence-corrected chi connectivity index (χ2v) is 6.27. The van der Waals surface area contributed by atoms with E-state index in [4.69, 9.17) is 4.74 Å².